The van der Waals surface area contributed by atoms with Crippen molar-refractivity contribution in [2.24, 2.45) is 0 Å². The van der Waals surface area contributed by atoms with Crippen LogP contribution in [0.25, 0.3) is 0 Å². The van der Waals surface area contributed by atoms with Crippen molar-refractivity contribution in [1.29, 1.82) is 0 Å². The van der Waals surface area contributed by atoms with Gasteiger partial charge in [-0.05, 0) is 19.0 Å². The highest BCUT2D eigenvalue weighted by atomic mass is 35.5. The first-order chi connectivity index (χ1) is 9.36. The SMILES string of the molecule is CCN(CCCNCc1cccc(Cl)c1O)S(C)(=O)=O. The van der Waals surface area contributed by atoms with Gasteiger partial charge in [0.25, 0.3) is 0 Å². The van der Waals surface area contributed by atoms with E-state index in [0.717, 1.165) is 5.56 Å². The van der Waals surface area contributed by atoms with Crippen molar-refractivity contribution in [2.45, 2.75) is 19.9 Å². The molecule has 114 valence electrons. The standard InChI is InChI=1S/C13H21ClN2O3S/c1-3-16(20(2,18)19)9-5-8-15-10-11-6-4-7-12(14)13(11)17/h4,6-7,15,17H,3,5,8-10H2,1-2H3. The molecular formula is C13H21ClN2O3S. The number of phenols is 1. The molecule has 1 aromatic carbocycles. The Hall–Kier alpha value is -0.820. The third-order valence-corrected chi connectivity index (χ3v) is 4.65. The molecule has 0 atom stereocenters. The van der Waals surface area contributed by atoms with Crippen molar-refractivity contribution < 1.29 is 13.5 Å². The molecule has 0 saturated heterocycles. The molecule has 0 aromatic heterocycles. The average molecular weight is 321 g/mol. The molecule has 2 N–H and O–H groups in total. The van der Waals surface area contributed by atoms with E-state index >= 15 is 0 Å². The first-order valence-corrected chi connectivity index (χ1v) is 8.71. The Morgan fingerprint density at radius 2 is 2.10 bits per heavy atom. The number of sulfonamides is 1. The van der Waals surface area contributed by atoms with E-state index in [-0.39, 0.29) is 5.75 Å². The van der Waals surface area contributed by atoms with Crippen molar-refractivity contribution in [3.63, 3.8) is 0 Å². The highest BCUT2D eigenvalue weighted by molar-refractivity contribution is 7.88. The Kier molecular flexibility index (Phi) is 6.75. The molecule has 0 aliphatic rings. The highest BCUT2D eigenvalue weighted by Gasteiger charge is 2.13. The van der Waals surface area contributed by atoms with Crippen molar-refractivity contribution >= 4 is 21.6 Å². The molecule has 0 heterocycles. The first kappa shape index (κ1) is 17.2. The summed E-state index contributed by atoms with van der Waals surface area (Å²) in [6.07, 6.45) is 1.93. The van der Waals surface area contributed by atoms with Gasteiger partial charge in [-0.2, -0.15) is 0 Å². The summed E-state index contributed by atoms with van der Waals surface area (Å²) in [7, 11) is -3.12. The molecule has 0 fully saturated rings. The smallest absolute Gasteiger partial charge is 0.211 e. The van der Waals surface area contributed by atoms with Crippen molar-refractivity contribution in [2.75, 3.05) is 25.9 Å². The maximum Gasteiger partial charge on any atom is 0.211 e. The van der Waals surface area contributed by atoms with Crippen LogP contribution in [0.5, 0.6) is 5.75 Å². The van der Waals surface area contributed by atoms with Crippen molar-refractivity contribution in [3.05, 3.63) is 28.8 Å². The van der Waals surface area contributed by atoms with Crippen LogP contribution in [0.15, 0.2) is 18.2 Å². The van der Waals surface area contributed by atoms with E-state index in [2.05, 4.69) is 5.32 Å². The zero-order chi connectivity index (χ0) is 15.2. The molecule has 0 aliphatic heterocycles. The number of hydrogen-bond acceptors (Lipinski definition) is 4. The lowest BCUT2D eigenvalue weighted by atomic mass is 10.2. The quantitative estimate of drug-likeness (QED) is 0.717. The first-order valence-electron chi connectivity index (χ1n) is 6.48. The minimum Gasteiger partial charge on any atom is -0.506 e. The molecule has 0 aliphatic carbocycles. The van der Waals surface area contributed by atoms with Crippen LogP contribution in [0.4, 0.5) is 0 Å². The summed E-state index contributed by atoms with van der Waals surface area (Å²) in [5.74, 6) is 0.0907. The molecule has 1 aromatic rings. The molecule has 0 unspecified atom stereocenters. The van der Waals surface area contributed by atoms with Gasteiger partial charge in [0.2, 0.25) is 10.0 Å². The maximum atomic E-state index is 11.4. The summed E-state index contributed by atoms with van der Waals surface area (Å²) in [6, 6.07) is 5.20. The summed E-state index contributed by atoms with van der Waals surface area (Å²) < 4.78 is 24.2. The van der Waals surface area contributed by atoms with E-state index < -0.39 is 10.0 Å². The maximum absolute atomic E-state index is 11.4. The lowest BCUT2D eigenvalue weighted by Crippen LogP contribution is -2.32. The number of aromatic hydroxyl groups is 1. The molecule has 20 heavy (non-hydrogen) atoms. The predicted octanol–water partition coefficient (Wildman–Crippen LogP) is 1.81. The fourth-order valence-corrected chi connectivity index (χ4v) is 2.99. The van der Waals surface area contributed by atoms with Gasteiger partial charge >= 0.3 is 0 Å². The van der Waals surface area contributed by atoms with E-state index in [1.165, 1.54) is 10.6 Å². The van der Waals surface area contributed by atoms with Gasteiger partial charge in [-0.15, -0.1) is 0 Å². The summed E-state index contributed by atoms with van der Waals surface area (Å²) >= 11 is 5.81. The van der Waals surface area contributed by atoms with E-state index in [4.69, 9.17) is 11.6 Å². The Morgan fingerprint density at radius 3 is 2.70 bits per heavy atom. The lowest BCUT2D eigenvalue weighted by molar-refractivity contribution is 0.418. The average Bonchev–Trinajstić information content (AvgIpc) is 2.37. The largest absolute Gasteiger partial charge is 0.506 e. The summed E-state index contributed by atoms with van der Waals surface area (Å²) in [6.45, 7) is 3.95. The van der Waals surface area contributed by atoms with Crippen LogP contribution in [0.2, 0.25) is 5.02 Å². The number of benzene rings is 1. The molecule has 5 nitrogen and oxygen atoms in total. The monoisotopic (exact) mass is 320 g/mol. The van der Waals surface area contributed by atoms with Gasteiger partial charge in [0.05, 0.1) is 11.3 Å². The molecule has 0 spiro atoms. The van der Waals surface area contributed by atoms with Gasteiger partial charge in [-0.25, -0.2) is 12.7 Å². The normalized spacial score (nSPS) is 12.0. The number of rotatable bonds is 8. The van der Waals surface area contributed by atoms with E-state index in [9.17, 15) is 13.5 Å². The number of hydrogen-bond donors (Lipinski definition) is 2. The third kappa shape index (κ3) is 5.28. The van der Waals surface area contributed by atoms with Gasteiger partial charge in [-0.3, -0.25) is 0 Å². The van der Waals surface area contributed by atoms with Crippen molar-refractivity contribution in [1.82, 2.24) is 9.62 Å². The topological polar surface area (TPSA) is 69.6 Å². The Bertz CT molecular complexity index is 534. The second-order valence-corrected chi connectivity index (χ2v) is 6.92. The number of halogens is 1. The molecule has 7 heteroatoms. The van der Waals surface area contributed by atoms with Gasteiger partial charge in [-0.1, -0.05) is 30.7 Å². The number of para-hydroxylation sites is 1. The molecule has 0 radical (unpaired) electrons. The van der Waals surface area contributed by atoms with Crippen molar-refractivity contribution in [3.8, 4) is 5.75 Å². The van der Waals surface area contributed by atoms with E-state index in [1.54, 1.807) is 18.2 Å². The zero-order valence-corrected chi connectivity index (χ0v) is 13.3. The second kappa shape index (κ2) is 7.83. The fraction of sp³-hybridized carbons (Fsp3) is 0.538. The minimum atomic E-state index is -3.12. The highest BCUT2D eigenvalue weighted by Crippen LogP contribution is 2.26. The van der Waals surface area contributed by atoms with Crippen LogP contribution in [-0.4, -0.2) is 43.7 Å². The second-order valence-electron chi connectivity index (χ2n) is 4.53. The summed E-state index contributed by atoms with van der Waals surface area (Å²) in [4.78, 5) is 0. The Labute approximate surface area is 125 Å². The molecular weight excluding hydrogens is 300 g/mol. The Balaban J connectivity index is 2.34. The predicted molar refractivity (Wildman–Crippen MR) is 81.5 cm³/mol. The summed E-state index contributed by atoms with van der Waals surface area (Å²) in [5, 5.41) is 13.2. The van der Waals surface area contributed by atoms with E-state index in [1.807, 2.05) is 6.92 Å². The lowest BCUT2D eigenvalue weighted by Gasteiger charge is -2.17. The van der Waals surface area contributed by atoms with Crippen LogP contribution in [-0.2, 0) is 16.6 Å². The Morgan fingerprint density at radius 1 is 1.40 bits per heavy atom. The zero-order valence-electron chi connectivity index (χ0n) is 11.8. The molecule has 0 saturated carbocycles. The van der Waals surface area contributed by atoms with Crippen LogP contribution < -0.4 is 5.32 Å². The minimum absolute atomic E-state index is 0.0907. The van der Waals surface area contributed by atoms with Crippen LogP contribution in [0, 0.1) is 0 Å². The fourth-order valence-electron chi connectivity index (χ4n) is 1.86. The third-order valence-electron chi connectivity index (χ3n) is 2.97. The van der Waals surface area contributed by atoms with E-state index in [0.29, 0.717) is 37.6 Å². The van der Waals surface area contributed by atoms with Gasteiger partial charge in [0.1, 0.15) is 5.75 Å². The number of nitrogens with zero attached hydrogens (tertiary/aromatic N) is 1. The van der Waals surface area contributed by atoms with Gasteiger partial charge in [0.15, 0.2) is 0 Å². The molecule has 0 amide bonds. The molecule has 0 bridgehead atoms. The van der Waals surface area contributed by atoms with Gasteiger partial charge < -0.3 is 10.4 Å². The summed E-state index contributed by atoms with van der Waals surface area (Å²) in [5.41, 5.74) is 0.730. The number of nitrogens with one attached hydrogen (secondary N) is 1. The van der Waals surface area contributed by atoms with Crippen LogP contribution in [0.3, 0.4) is 0 Å². The number of phenolic OH excluding ortho intramolecular Hbond substituents is 1. The van der Waals surface area contributed by atoms with Crippen LogP contribution in [0.1, 0.15) is 18.9 Å². The van der Waals surface area contributed by atoms with Gasteiger partial charge in [0, 0.05) is 25.2 Å². The van der Waals surface area contributed by atoms with Crippen LogP contribution >= 0.6 is 11.6 Å². The molecule has 1 rings (SSSR count).